The summed E-state index contributed by atoms with van der Waals surface area (Å²) in [5.41, 5.74) is 4.35. The number of benzene rings is 1. The summed E-state index contributed by atoms with van der Waals surface area (Å²) in [5, 5.41) is 22.6. The number of hydrogen-bond acceptors (Lipinski definition) is 4. The van der Waals surface area contributed by atoms with Crippen LogP contribution in [0.5, 0.6) is 0 Å². The number of anilines is 2. The maximum Gasteiger partial charge on any atom is 0.254 e. The maximum absolute atomic E-state index is 13.2. The molecule has 2 fully saturated rings. The molecule has 2 saturated carbocycles. The molecular weight excluding hydrogens is 362 g/mol. The summed E-state index contributed by atoms with van der Waals surface area (Å²) in [6.07, 6.45) is 9.25. The summed E-state index contributed by atoms with van der Waals surface area (Å²) in [6, 6.07) is 8.52. The highest BCUT2D eigenvalue weighted by molar-refractivity contribution is 6.10. The first-order valence-corrected chi connectivity index (χ1v) is 11.1. The summed E-state index contributed by atoms with van der Waals surface area (Å²) >= 11 is 0. The second-order valence-electron chi connectivity index (χ2n) is 8.86. The summed E-state index contributed by atoms with van der Waals surface area (Å²) < 4.78 is 0. The van der Waals surface area contributed by atoms with E-state index in [4.69, 9.17) is 0 Å². The Morgan fingerprint density at radius 2 is 2.00 bits per heavy atom. The summed E-state index contributed by atoms with van der Waals surface area (Å²) in [4.78, 5) is 15.1. The van der Waals surface area contributed by atoms with E-state index in [1.54, 1.807) is 0 Å². The fraction of sp³-hybridized carbons (Fsp3) is 0.583. The molecule has 1 atom stereocenters. The summed E-state index contributed by atoms with van der Waals surface area (Å²) in [6.45, 7) is 2.31. The Morgan fingerprint density at radius 3 is 2.72 bits per heavy atom. The lowest BCUT2D eigenvalue weighted by Gasteiger charge is -2.31. The van der Waals surface area contributed by atoms with Crippen molar-refractivity contribution in [2.75, 3.05) is 16.8 Å². The van der Waals surface area contributed by atoms with Gasteiger partial charge in [-0.05, 0) is 74.6 Å². The highest BCUT2D eigenvalue weighted by Crippen LogP contribution is 2.41. The Kier molecular flexibility index (Phi) is 5.91. The van der Waals surface area contributed by atoms with Gasteiger partial charge >= 0.3 is 0 Å². The molecule has 1 aliphatic heterocycles. The Morgan fingerprint density at radius 1 is 1.21 bits per heavy atom. The molecule has 154 valence electrons. The Hall–Kier alpha value is -2.32. The van der Waals surface area contributed by atoms with Crippen LogP contribution in [0.15, 0.2) is 29.3 Å². The second-order valence-corrected chi connectivity index (χ2v) is 8.86. The van der Waals surface area contributed by atoms with Crippen LogP contribution < -0.4 is 10.2 Å². The van der Waals surface area contributed by atoms with E-state index >= 15 is 0 Å². The smallest absolute Gasteiger partial charge is 0.254 e. The average Bonchev–Trinajstić information content (AvgIpc) is 3.02. The van der Waals surface area contributed by atoms with Gasteiger partial charge < -0.3 is 15.3 Å². The van der Waals surface area contributed by atoms with E-state index in [2.05, 4.69) is 18.3 Å². The summed E-state index contributed by atoms with van der Waals surface area (Å²) in [5.74, 6) is 0.806. The predicted molar refractivity (Wildman–Crippen MR) is 115 cm³/mol. The first-order chi connectivity index (χ1) is 14.1. The SMILES string of the molecule is C[C@H]1CC[C@H](Nc2cc(N3C(=O)C(CCO)=C4CCCCC43)ccc2C#N)CC1. The number of aliphatic hydroxyl groups is 1. The van der Waals surface area contributed by atoms with Crippen molar-refractivity contribution in [2.24, 2.45) is 5.92 Å². The molecular formula is C24H31N3O2. The molecule has 5 heteroatoms. The lowest BCUT2D eigenvalue weighted by atomic mass is 9.87. The van der Waals surface area contributed by atoms with Crippen LogP contribution in [0.3, 0.4) is 0 Å². The Bertz CT molecular complexity index is 846. The number of nitriles is 1. The highest BCUT2D eigenvalue weighted by atomic mass is 16.3. The van der Waals surface area contributed by atoms with Crippen molar-refractivity contribution >= 4 is 17.3 Å². The van der Waals surface area contributed by atoms with Crippen LogP contribution in [0.1, 0.15) is 70.3 Å². The van der Waals surface area contributed by atoms with Gasteiger partial charge in [0.15, 0.2) is 0 Å². The van der Waals surface area contributed by atoms with Gasteiger partial charge in [-0.1, -0.05) is 13.3 Å². The van der Waals surface area contributed by atoms with Gasteiger partial charge in [0.25, 0.3) is 5.91 Å². The van der Waals surface area contributed by atoms with Crippen molar-refractivity contribution in [1.82, 2.24) is 0 Å². The van der Waals surface area contributed by atoms with Crippen molar-refractivity contribution in [1.29, 1.82) is 5.26 Å². The fourth-order valence-electron chi connectivity index (χ4n) is 5.26. The third kappa shape index (κ3) is 3.91. The third-order valence-corrected chi connectivity index (χ3v) is 6.89. The van der Waals surface area contributed by atoms with Crippen LogP contribution in [0.4, 0.5) is 11.4 Å². The Labute approximate surface area is 173 Å². The number of carbonyl (C=O) groups is 1. The number of carbonyl (C=O) groups excluding carboxylic acids is 1. The molecule has 0 saturated heterocycles. The zero-order valence-corrected chi connectivity index (χ0v) is 17.3. The molecule has 2 N–H and O–H groups in total. The molecule has 0 bridgehead atoms. The third-order valence-electron chi connectivity index (χ3n) is 6.89. The molecule has 0 radical (unpaired) electrons. The number of hydrogen-bond donors (Lipinski definition) is 2. The molecule has 29 heavy (non-hydrogen) atoms. The number of fused-ring (bicyclic) bond motifs is 1. The van der Waals surface area contributed by atoms with Crippen LogP contribution in [0.25, 0.3) is 0 Å². The van der Waals surface area contributed by atoms with Gasteiger partial charge in [-0.3, -0.25) is 4.79 Å². The minimum Gasteiger partial charge on any atom is -0.396 e. The first kappa shape index (κ1) is 20.0. The molecule has 1 heterocycles. The molecule has 1 aromatic rings. The van der Waals surface area contributed by atoms with Crippen molar-refractivity contribution in [2.45, 2.75) is 76.8 Å². The molecule has 0 spiro atoms. The van der Waals surface area contributed by atoms with E-state index in [1.165, 1.54) is 18.4 Å². The molecule has 2 aliphatic carbocycles. The molecule has 1 unspecified atom stereocenters. The lowest BCUT2D eigenvalue weighted by molar-refractivity contribution is -0.115. The zero-order chi connectivity index (χ0) is 20.4. The van der Waals surface area contributed by atoms with Crippen LogP contribution in [-0.4, -0.2) is 29.7 Å². The Balaban J connectivity index is 1.62. The largest absolute Gasteiger partial charge is 0.396 e. The molecule has 4 rings (SSSR count). The molecule has 3 aliphatic rings. The molecule has 5 nitrogen and oxygen atoms in total. The van der Waals surface area contributed by atoms with Crippen LogP contribution in [0.2, 0.25) is 0 Å². The fourth-order valence-corrected chi connectivity index (χ4v) is 5.26. The molecule has 1 amide bonds. The van der Waals surface area contributed by atoms with E-state index in [1.807, 2.05) is 23.1 Å². The standard InChI is InChI=1S/C24H31N3O2/c1-16-6-9-18(10-7-16)26-22-14-19(11-8-17(22)15-25)27-23-5-3-2-4-20(23)21(12-13-28)24(27)29/h8,11,14,16,18,23,26,28H,2-7,9-10,12-13H2,1H3/t16-,18-,23?. The monoisotopic (exact) mass is 393 g/mol. The van der Waals surface area contributed by atoms with Gasteiger partial charge in [0, 0.05) is 30.3 Å². The molecule has 0 aromatic heterocycles. The second kappa shape index (κ2) is 8.59. The van der Waals surface area contributed by atoms with E-state index in [-0.39, 0.29) is 18.6 Å². The van der Waals surface area contributed by atoms with Crippen LogP contribution in [0, 0.1) is 17.2 Å². The minimum absolute atomic E-state index is 0.00537. The topological polar surface area (TPSA) is 76.4 Å². The van der Waals surface area contributed by atoms with Crippen LogP contribution in [-0.2, 0) is 4.79 Å². The van der Waals surface area contributed by atoms with Crippen molar-refractivity contribution < 1.29 is 9.90 Å². The van der Waals surface area contributed by atoms with E-state index in [0.29, 0.717) is 18.0 Å². The van der Waals surface area contributed by atoms with Gasteiger partial charge in [-0.25, -0.2) is 0 Å². The quantitative estimate of drug-likeness (QED) is 0.771. The number of nitrogens with zero attached hydrogens (tertiary/aromatic N) is 2. The van der Waals surface area contributed by atoms with Crippen LogP contribution >= 0.6 is 0 Å². The van der Waals surface area contributed by atoms with Gasteiger partial charge in [0.05, 0.1) is 17.3 Å². The number of rotatable bonds is 5. The van der Waals surface area contributed by atoms with E-state index in [9.17, 15) is 15.2 Å². The lowest BCUT2D eigenvalue weighted by Crippen LogP contribution is -2.37. The number of aliphatic hydroxyl groups excluding tert-OH is 1. The predicted octanol–water partition coefficient (Wildman–Crippen LogP) is 4.52. The van der Waals surface area contributed by atoms with Gasteiger partial charge in [0.2, 0.25) is 0 Å². The first-order valence-electron chi connectivity index (χ1n) is 11.1. The van der Waals surface area contributed by atoms with E-state index < -0.39 is 0 Å². The highest BCUT2D eigenvalue weighted by Gasteiger charge is 2.40. The molecule has 1 aromatic carbocycles. The zero-order valence-electron chi connectivity index (χ0n) is 17.3. The van der Waals surface area contributed by atoms with E-state index in [0.717, 1.165) is 61.4 Å². The summed E-state index contributed by atoms with van der Waals surface area (Å²) in [7, 11) is 0. The van der Waals surface area contributed by atoms with Gasteiger partial charge in [-0.15, -0.1) is 0 Å². The van der Waals surface area contributed by atoms with Crippen molar-refractivity contribution in [3.8, 4) is 6.07 Å². The average molecular weight is 394 g/mol. The normalized spacial score (nSPS) is 27.0. The number of nitrogens with one attached hydrogen (secondary N) is 1. The van der Waals surface area contributed by atoms with Gasteiger partial charge in [0.1, 0.15) is 6.07 Å². The minimum atomic E-state index is 0.00537. The van der Waals surface area contributed by atoms with Crippen molar-refractivity contribution in [3.05, 3.63) is 34.9 Å². The number of amides is 1. The van der Waals surface area contributed by atoms with Gasteiger partial charge in [-0.2, -0.15) is 5.26 Å². The van der Waals surface area contributed by atoms with Crippen molar-refractivity contribution in [3.63, 3.8) is 0 Å². The maximum atomic E-state index is 13.2.